The van der Waals surface area contributed by atoms with Crippen LogP contribution in [0.15, 0.2) is 40.8 Å². The van der Waals surface area contributed by atoms with Gasteiger partial charge < -0.3 is 14.2 Å². The van der Waals surface area contributed by atoms with Gasteiger partial charge in [-0.2, -0.15) is 0 Å². The third kappa shape index (κ3) is 2.79. The highest BCUT2D eigenvalue weighted by Gasteiger charge is 2.29. The van der Waals surface area contributed by atoms with Gasteiger partial charge in [-0.3, -0.25) is 4.79 Å². The summed E-state index contributed by atoms with van der Waals surface area (Å²) in [6.07, 6.45) is 1.02. The van der Waals surface area contributed by atoms with Crippen molar-refractivity contribution in [1.29, 1.82) is 0 Å². The Balaban J connectivity index is 1.90. The minimum absolute atomic E-state index is 0.0380. The fourth-order valence-electron chi connectivity index (χ4n) is 3.06. The van der Waals surface area contributed by atoms with Crippen LogP contribution in [0.3, 0.4) is 0 Å². The SMILES string of the molecule is Cc1cc(C(=O)N(C)[C@@H]2CCN(C)C2)c(-c2ccccc2)o1. The molecular formula is C18H22N2O2. The molecule has 1 atom stereocenters. The Morgan fingerprint density at radius 2 is 2.05 bits per heavy atom. The third-order valence-corrected chi connectivity index (χ3v) is 4.36. The number of benzene rings is 1. The van der Waals surface area contributed by atoms with Crippen molar-refractivity contribution in [3.8, 4) is 11.3 Å². The zero-order valence-electron chi connectivity index (χ0n) is 13.4. The van der Waals surface area contributed by atoms with E-state index in [1.165, 1.54) is 0 Å². The van der Waals surface area contributed by atoms with E-state index in [1.807, 2.05) is 55.3 Å². The topological polar surface area (TPSA) is 36.7 Å². The standard InChI is InChI=1S/C18H22N2O2/c1-13-11-16(17(22-13)14-7-5-4-6-8-14)18(21)20(3)15-9-10-19(2)12-15/h4-8,11,15H,9-10,12H2,1-3H3/t15-/m1/s1. The van der Waals surface area contributed by atoms with Crippen molar-refractivity contribution in [3.63, 3.8) is 0 Å². The van der Waals surface area contributed by atoms with E-state index in [2.05, 4.69) is 11.9 Å². The summed E-state index contributed by atoms with van der Waals surface area (Å²) in [6, 6.07) is 11.9. The zero-order valence-corrected chi connectivity index (χ0v) is 13.4. The number of carbonyl (C=O) groups excluding carboxylic acids is 1. The summed E-state index contributed by atoms with van der Waals surface area (Å²) in [5.41, 5.74) is 1.59. The van der Waals surface area contributed by atoms with Crippen LogP contribution >= 0.6 is 0 Å². The molecule has 0 aliphatic carbocycles. The highest BCUT2D eigenvalue weighted by Crippen LogP contribution is 2.29. The van der Waals surface area contributed by atoms with Gasteiger partial charge in [0.1, 0.15) is 11.5 Å². The molecule has 2 aromatic rings. The molecule has 1 aromatic heterocycles. The van der Waals surface area contributed by atoms with Crippen molar-refractivity contribution in [2.45, 2.75) is 19.4 Å². The Kier molecular flexibility index (Phi) is 4.03. The van der Waals surface area contributed by atoms with Gasteiger partial charge in [-0.1, -0.05) is 30.3 Å². The molecule has 0 radical (unpaired) electrons. The predicted octanol–water partition coefficient (Wildman–Crippen LogP) is 3.03. The molecule has 22 heavy (non-hydrogen) atoms. The lowest BCUT2D eigenvalue weighted by Crippen LogP contribution is -2.38. The Morgan fingerprint density at radius 3 is 2.68 bits per heavy atom. The first-order valence-corrected chi connectivity index (χ1v) is 7.68. The van der Waals surface area contributed by atoms with Crippen molar-refractivity contribution in [2.24, 2.45) is 0 Å². The Morgan fingerprint density at radius 1 is 1.32 bits per heavy atom. The van der Waals surface area contributed by atoms with Crippen LogP contribution in [-0.2, 0) is 0 Å². The second-order valence-corrected chi connectivity index (χ2v) is 6.09. The molecule has 1 amide bonds. The summed E-state index contributed by atoms with van der Waals surface area (Å²) in [6.45, 7) is 3.85. The summed E-state index contributed by atoms with van der Waals surface area (Å²) in [5, 5.41) is 0. The van der Waals surface area contributed by atoms with Crippen molar-refractivity contribution in [2.75, 3.05) is 27.2 Å². The number of likely N-dealkylation sites (tertiary alicyclic amines) is 1. The molecule has 0 unspecified atom stereocenters. The number of likely N-dealkylation sites (N-methyl/N-ethyl adjacent to an activating group) is 2. The van der Waals surface area contributed by atoms with Crippen LogP contribution in [0.4, 0.5) is 0 Å². The van der Waals surface area contributed by atoms with Gasteiger partial charge in [0.15, 0.2) is 0 Å². The van der Waals surface area contributed by atoms with Gasteiger partial charge in [0.05, 0.1) is 5.56 Å². The molecule has 116 valence electrons. The Labute approximate surface area is 131 Å². The largest absolute Gasteiger partial charge is 0.461 e. The first kappa shape index (κ1) is 14.9. The minimum atomic E-state index is 0.0380. The fourth-order valence-corrected chi connectivity index (χ4v) is 3.06. The smallest absolute Gasteiger partial charge is 0.257 e. The lowest BCUT2D eigenvalue weighted by atomic mass is 10.1. The predicted molar refractivity (Wildman–Crippen MR) is 86.9 cm³/mol. The lowest BCUT2D eigenvalue weighted by Gasteiger charge is -2.24. The molecule has 4 heteroatoms. The fraction of sp³-hybridized carbons (Fsp3) is 0.389. The molecule has 0 N–H and O–H groups in total. The molecule has 3 rings (SSSR count). The maximum absolute atomic E-state index is 12.9. The van der Waals surface area contributed by atoms with E-state index in [1.54, 1.807) is 0 Å². The van der Waals surface area contributed by atoms with Crippen LogP contribution in [0.2, 0.25) is 0 Å². The van der Waals surface area contributed by atoms with Crippen LogP contribution in [0.1, 0.15) is 22.5 Å². The van der Waals surface area contributed by atoms with E-state index >= 15 is 0 Å². The van der Waals surface area contributed by atoms with Crippen molar-refractivity contribution in [1.82, 2.24) is 9.80 Å². The van der Waals surface area contributed by atoms with E-state index in [-0.39, 0.29) is 11.9 Å². The molecular weight excluding hydrogens is 276 g/mol. The molecule has 0 spiro atoms. The van der Waals surface area contributed by atoms with E-state index in [0.29, 0.717) is 11.3 Å². The number of aryl methyl sites for hydroxylation is 1. The number of hydrogen-bond donors (Lipinski definition) is 0. The van der Waals surface area contributed by atoms with Crippen molar-refractivity contribution >= 4 is 5.91 Å². The van der Waals surface area contributed by atoms with Crippen LogP contribution in [0, 0.1) is 6.92 Å². The average Bonchev–Trinajstić information content (AvgIpc) is 3.12. The maximum atomic E-state index is 12.9. The molecule has 0 saturated carbocycles. The average molecular weight is 298 g/mol. The van der Waals surface area contributed by atoms with Gasteiger partial charge in [0.25, 0.3) is 5.91 Å². The molecule has 0 bridgehead atoms. The van der Waals surface area contributed by atoms with E-state index in [9.17, 15) is 4.79 Å². The highest BCUT2D eigenvalue weighted by atomic mass is 16.3. The monoisotopic (exact) mass is 298 g/mol. The van der Waals surface area contributed by atoms with Crippen molar-refractivity contribution < 1.29 is 9.21 Å². The van der Waals surface area contributed by atoms with Gasteiger partial charge in [-0.15, -0.1) is 0 Å². The summed E-state index contributed by atoms with van der Waals surface area (Å²) in [5.74, 6) is 1.47. The summed E-state index contributed by atoms with van der Waals surface area (Å²) < 4.78 is 5.80. The summed E-state index contributed by atoms with van der Waals surface area (Å²) in [7, 11) is 3.99. The lowest BCUT2D eigenvalue weighted by molar-refractivity contribution is 0.0738. The number of nitrogens with zero attached hydrogens (tertiary/aromatic N) is 2. The zero-order chi connectivity index (χ0) is 15.7. The summed E-state index contributed by atoms with van der Waals surface area (Å²) in [4.78, 5) is 17.0. The highest BCUT2D eigenvalue weighted by molar-refractivity contribution is 5.99. The Hall–Kier alpha value is -2.07. The van der Waals surface area contributed by atoms with Crippen molar-refractivity contribution in [3.05, 3.63) is 47.7 Å². The molecule has 1 aliphatic heterocycles. The second-order valence-electron chi connectivity index (χ2n) is 6.09. The van der Waals surface area contributed by atoms with Gasteiger partial charge >= 0.3 is 0 Å². The number of rotatable bonds is 3. The van der Waals surface area contributed by atoms with Gasteiger partial charge in [-0.05, 0) is 33.0 Å². The van der Waals surface area contributed by atoms with Gasteiger partial charge in [-0.25, -0.2) is 0 Å². The molecule has 1 aromatic carbocycles. The van der Waals surface area contributed by atoms with E-state index in [0.717, 1.165) is 30.8 Å². The number of hydrogen-bond acceptors (Lipinski definition) is 3. The quantitative estimate of drug-likeness (QED) is 0.874. The second kappa shape index (κ2) is 5.97. The minimum Gasteiger partial charge on any atom is -0.461 e. The Bertz CT molecular complexity index is 663. The van der Waals surface area contributed by atoms with Gasteiger partial charge in [0, 0.05) is 25.2 Å². The summed E-state index contributed by atoms with van der Waals surface area (Å²) >= 11 is 0. The van der Waals surface area contributed by atoms with Gasteiger partial charge in [0.2, 0.25) is 0 Å². The van der Waals surface area contributed by atoms with Crippen LogP contribution in [0.5, 0.6) is 0 Å². The molecule has 1 fully saturated rings. The first-order valence-electron chi connectivity index (χ1n) is 7.68. The van der Waals surface area contributed by atoms with E-state index in [4.69, 9.17) is 4.42 Å². The molecule has 1 aliphatic rings. The first-order chi connectivity index (χ1) is 10.6. The third-order valence-electron chi connectivity index (χ3n) is 4.36. The molecule has 4 nitrogen and oxygen atoms in total. The normalized spacial score (nSPS) is 18.6. The molecule has 2 heterocycles. The van der Waals surface area contributed by atoms with E-state index < -0.39 is 0 Å². The van der Waals surface area contributed by atoms with Crippen LogP contribution < -0.4 is 0 Å². The molecule has 1 saturated heterocycles. The van der Waals surface area contributed by atoms with Crippen LogP contribution in [0.25, 0.3) is 11.3 Å². The number of furan rings is 1. The number of amides is 1. The number of carbonyl (C=O) groups is 1. The maximum Gasteiger partial charge on any atom is 0.257 e. The van der Waals surface area contributed by atoms with Crippen LogP contribution in [-0.4, -0.2) is 48.9 Å².